The molecule has 1 aliphatic heterocycles. The fraction of sp³-hybridized carbons (Fsp3) is 0.304. The fourth-order valence-electron chi connectivity index (χ4n) is 3.74. The van der Waals surface area contributed by atoms with E-state index in [1.54, 1.807) is 0 Å². The van der Waals surface area contributed by atoms with Crippen molar-refractivity contribution in [2.24, 2.45) is 5.14 Å². The van der Waals surface area contributed by atoms with E-state index in [1.807, 2.05) is 36.4 Å². The Hall–Kier alpha value is -3.21. The molecular weight excluding hydrogens is 442 g/mol. The molecule has 174 valence electrons. The summed E-state index contributed by atoms with van der Waals surface area (Å²) in [4.78, 5) is 28.9. The molecule has 1 aliphatic rings. The summed E-state index contributed by atoms with van der Waals surface area (Å²) in [6.45, 7) is 2.05. The molecule has 0 atom stereocenters. The van der Waals surface area contributed by atoms with E-state index in [4.69, 9.17) is 4.74 Å². The maximum Gasteiger partial charge on any atom is 0.432 e. The minimum absolute atomic E-state index is 0.0351. The highest BCUT2D eigenvalue weighted by atomic mass is 32.1. The molecule has 0 saturated carbocycles. The topological polar surface area (TPSA) is 136 Å². The van der Waals surface area contributed by atoms with Gasteiger partial charge in [0.25, 0.3) is 0 Å². The molecule has 0 spiro atoms. The summed E-state index contributed by atoms with van der Waals surface area (Å²) >= 11 is 3.03. The summed E-state index contributed by atoms with van der Waals surface area (Å²) in [5.74, 6) is 0.228. The minimum Gasteiger partial charge on any atom is -0.390 e. The Bertz CT molecular complexity index is 1050. The summed E-state index contributed by atoms with van der Waals surface area (Å²) in [5, 5.41) is 17.9. The highest BCUT2D eigenvalue weighted by Gasteiger charge is 2.16. The van der Waals surface area contributed by atoms with Crippen LogP contribution in [0.3, 0.4) is 0 Å². The third-order valence-corrected chi connectivity index (χ3v) is 5.53. The van der Waals surface area contributed by atoms with Crippen LogP contribution in [0.5, 0.6) is 0 Å². The molecule has 10 heteroatoms. The number of benzene rings is 2. The van der Waals surface area contributed by atoms with Crippen molar-refractivity contribution in [3.05, 3.63) is 81.5 Å². The molecule has 1 saturated heterocycles. The van der Waals surface area contributed by atoms with E-state index in [9.17, 15) is 14.9 Å². The Morgan fingerprint density at radius 1 is 1.12 bits per heavy atom. The van der Waals surface area contributed by atoms with E-state index >= 15 is 0 Å². The molecule has 2 heterocycles. The SMILES string of the molecule is NS.O=C(Cc1ccc(C2CCOCC2)cc1)NCc1ccc(-c2cnc([N+](=O)[O-])[nH]2)cc1. The molecule has 1 amide bonds. The van der Waals surface area contributed by atoms with Crippen LogP contribution in [0.25, 0.3) is 11.3 Å². The monoisotopic (exact) mass is 469 g/mol. The number of H-pyrrole nitrogens is 1. The second-order valence-corrected chi connectivity index (χ2v) is 7.66. The van der Waals surface area contributed by atoms with Crippen LogP contribution in [0.4, 0.5) is 5.95 Å². The number of aromatic nitrogens is 2. The van der Waals surface area contributed by atoms with E-state index in [-0.39, 0.29) is 11.9 Å². The van der Waals surface area contributed by atoms with Gasteiger partial charge < -0.3 is 20.2 Å². The first-order valence-electron chi connectivity index (χ1n) is 10.6. The number of nitro groups is 1. The molecule has 0 bridgehead atoms. The van der Waals surface area contributed by atoms with Crippen molar-refractivity contribution in [2.45, 2.75) is 31.7 Å². The smallest absolute Gasteiger partial charge is 0.390 e. The van der Waals surface area contributed by atoms with Crippen LogP contribution in [-0.4, -0.2) is 34.0 Å². The molecular formula is C23H27N5O4S. The van der Waals surface area contributed by atoms with E-state index in [0.29, 0.717) is 24.6 Å². The molecule has 1 fully saturated rings. The lowest BCUT2D eigenvalue weighted by Gasteiger charge is -2.22. The first-order chi connectivity index (χ1) is 16.1. The summed E-state index contributed by atoms with van der Waals surface area (Å²) < 4.78 is 5.42. The molecule has 0 aliphatic carbocycles. The highest BCUT2D eigenvalue weighted by Crippen LogP contribution is 2.27. The molecule has 0 radical (unpaired) electrons. The number of carbonyl (C=O) groups is 1. The van der Waals surface area contributed by atoms with Gasteiger partial charge in [-0.15, -0.1) is 12.8 Å². The molecule has 4 N–H and O–H groups in total. The normalized spacial score (nSPS) is 13.6. The van der Waals surface area contributed by atoms with E-state index < -0.39 is 4.92 Å². The first kappa shape index (κ1) is 24.4. The van der Waals surface area contributed by atoms with Gasteiger partial charge in [-0.1, -0.05) is 53.5 Å². The van der Waals surface area contributed by atoms with E-state index in [2.05, 4.69) is 45.4 Å². The zero-order chi connectivity index (χ0) is 23.6. The predicted molar refractivity (Wildman–Crippen MR) is 129 cm³/mol. The van der Waals surface area contributed by atoms with Crippen molar-refractivity contribution >= 4 is 24.7 Å². The van der Waals surface area contributed by atoms with E-state index in [1.165, 1.54) is 11.8 Å². The lowest BCUT2D eigenvalue weighted by Crippen LogP contribution is -2.24. The summed E-state index contributed by atoms with van der Waals surface area (Å²) in [7, 11) is 0. The van der Waals surface area contributed by atoms with Gasteiger partial charge in [0.1, 0.15) is 11.9 Å². The Morgan fingerprint density at radius 2 is 1.76 bits per heavy atom. The molecule has 33 heavy (non-hydrogen) atoms. The van der Waals surface area contributed by atoms with Crippen molar-refractivity contribution in [3.8, 4) is 11.3 Å². The summed E-state index contributed by atoms with van der Waals surface area (Å²) in [6, 6.07) is 15.7. The zero-order valence-corrected chi connectivity index (χ0v) is 19.0. The second kappa shape index (κ2) is 12.1. The summed E-state index contributed by atoms with van der Waals surface area (Å²) in [5.41, 5.74) is 4.62. The number of nitrogens with zero attached hydrogens (tertiary/aromatic N) is 2. The Morgan fingerprint density at radius 3 is 2.36 bits per heavy atom. The quantitative estimate of drug-likeness (QED) is 0.237. The Labute approximate surface area is 197 Å². The number of nitrogens with one attached hydrogen (secondary N) is 2. The maximum absolute atomic E-state index is 12.3. The van der Waals surface area contributed by atoms with Crippen molar-refractivity contribution in [1.82, 2.24) is 15.3 Å². The number of rotatable bonds is 7. The molecule has 9 nitrogen and oxygen atoms in total. The third kappa shape index (κ3) is 6.88. The average molecular weight is 470 g/mol. The first-order valence-corrected chi connectivity index (χ1v) is 11.1. The number of carbonyl (C=O) groups excluding carboxylic acids is 1. The van der Waals surface area contributed by atoms with Gasteiger partial charge in [0.2, 0.25) is 5.91 Å². The van der Waals surface area contributed by atoms with Crippen molar-refractivity contribution in [3.63, 3.8) is 0 Å². The van der Waals surface area contributed by atoms with Gasteiger partial charge in [-0.2, -0.15) is 0 Å². The average Bonchev–Trinajstić information content (AvgIpc) is 3.36. The van der Waals surface area contributed by atoms with Crippen LogP contribution in [0, 0.1) is 10.1 Å². The minimum atomic E-state index is -0.564. The molecule has 3 aromatic rings. The van der Waals surface area contributed by atoms with Crippen molar-refractivity contribution in [2.75, 3.05) is 13.2 Å². The standard InChI is InChI=1S/C23H24N4O4.H3NS/c28-22(13-16-1-5-18(6-2-16)19-9-11-31-12-10-19)24-14-17-3-7-20(8-4-17)21-15-25-23(26-21)27(29)30;1-2/h1-8,15,19H,9-14H2,(H,24,28)(H,25,26);2H,1H2. The molecule has 4 rings (SSSR count). The van der Waals surface area contributed by atoms with Crippen LogP contribution in [0.1, 0.15) is 35.4 Å². The number of nitrogens with two attached hydrogens (primary N) is 1. The number of imidazole rings is 1. The largest absolute Gasteiger partial charge is 0.432 e. The van der Waals surface area contributed by atoms with Gasteiger partial charge in [0, 0.05) is 25.3 Å². The predicted octanol–water partition coefficient (Wildman–Crippen LogP) is 3.53. The second-order valence-electron chi connectivity index (χ2n) is 7.66. The number of ether oxygens (including phenoxy) is 1. The van der Waals surface area contributed by atoms with Gasteiger partial charge in [-0.05, 0) is 40.4 Å². The number of aromatic amines is 1. The third-order valence-electron chi connectivity index (χ3n) is 5.53. The molecule has 0 unspecified atom stereocenters. The lowest BCUT2D eigenvalue weighted by atomic mass is 9.91. The molecule has 1 aromatic heterocycles. The lowest BCUT2D eigenvalue weighted by molar-refractivity contribution is -0.393. The number of thiol groups is 1. The summed E-state index contributed by atoms with van der Waals surface area (Å²) in [6.07, 6.45) is 3.87. The number of hydrogen-bond acceptors (Lipinski definition) is 7. The van der Waals surface area contributed by atoms with E-state index in [0.717, 1.165) is 42.7 Å². The highest BCUT2D eigenvalue weighted by molar-refractivity contribution is 7.77. The van der Waals surface area contributed by atoms with Crippen LogP contribution in [-0.2, 0) is 22.5 Å². The number of hydrogen-bond donors (Lipinski definition) is 4. The van der Waals surface area contributed by atoms with Crippen LogP contribution in [0.2, 0.25) is 0 Å². The Kier molecular flexibility index (Phi) is 8.99. The van der Waals surface area contributed by atoms with Crippen LogP contribution < -0.4 is 10.5 Å². The van der Waals surface area contributed by atoms with Gasteiger partial charge >= 0.3 is 5.95 Å². The van der Waals surface area contributed by atoms with Crippen molar-refractivity contribution in [1.29, 1.82) is 0 Å². The van der Waals surface area contributed by atoms with Crippen LogP contribution >= 0.6 is 12.8 Å². The number of amides is 1. The Balaban J connectivity index is 0.00000149. The van der Waals surface area contributed by atoms with Crippen LogP contribution in [0.15, 0.2) is 54.7 Å². The van der Waals surface area contributed by atoms with Crippen molar-refractivity contribution < 1.29 is 14.5 Å². The van der Waals surface area contributed by atoms with Gasteiger partial charge in [0.05, 0.1) is 6.42 Å². The van der Waals surface area contributed by atoms with Gasteiger partial charge in [-0.3, -0.25) is 9.93 Å². The fourth-order valence-corrected chi connectivity index (χ4v) is 3.74. The van der Waals surface area contributed by atoms with Gasteiger partial charge in [0.15, 0.2) is 0 Å². The maximum atomic E-state index is 12.3. The molecule has 2 aromatic carbocycles. The zero-order valence-electron chi connectivity index (χ0n) is 18.1. The van der Waals surface area contributed by atoms with Gasteiger partial charge in [-0.25, -0.2) is 4.98 Å².